The van der Waals surface area contributed by atoms with E-state index in [-0.39, 0.29) is 0 Å². The third-order valence-electron chi connectivity index (χ3n) is 4.89. The number of rotatable bonds is 1. The van der Waals surface area contributed by atoms with Crippen LogP contribution in [0.5, 0.6) is 0 Å². The molecule has 4 aliphatic carbocycles. The fourth-order valence-electron chi connectivity index (χ4n) is 4.77. The van der Waals surface area contributed by atoms with Gasteiger partial charge in [-0.15, -0.1) is 0 Å². The van der Waals surface area contributed by atoms with Crippen LogP contribution in [0.2, 0.25) is 0 Å². The Morgan fingerprint density at radius 2 is 1.67 bits per heavy atom. The van der Waals surface area contributed by atoms with Crippen LogP contribution in [0.15, 0.2) is 17.2 Å². The molecule has 3 heteroatoms. The zero-order valence-corrected chi connectivity index (χ0v) is 8.93. The van der Waals surface area contributed by atoms with Gasteiger partial charge >= 0.3 is 6.39 Å². The van der Waals surface area contributed by atoms with E-state index in [2.05, 4.69) is 9.78 Å². The highest BCUT2D eigenvalue weighted by molar-refractivity contribution is 4.98. The Morgan fingerprint density at radius 1 is 1.07 bits per heavy atom. The van der Waals surface area contributed by atoms with Crippen molar-refractivity contribution in [3.63, 3.8) is 0 Å². The highest BCUT2D eigenvalue weighted by atomic mass is 16.3. The smallest absolute Gasteiger partial charge is 0.362 e. The zero-order chi connectivity index (χ0) is 9.88. The molecule has 1 aromatic rings. The fraction of sp³-hybridized carbons (Fsp3) is 0.833. The zero-order valence-electron chi connectivity index (χ0n) is 8.93. The molecule has 0 spiro atoms. The highest BCUT2D eigenvalue weighted by Gasteiger charge is 2.58. The maximum atomic E-state index is 5.16. The molecule has 80 valence electrons. The van der Waals surface area contributed by atoms with Crippen molar-refractivity contribution in [2.75, 3.05) is 0 Å². The van der Waals surface area contributed by atoms with Gasteiger partial charge < -0.3 is 4.42 Å². The Balaban J connectivity index is 1.77. The van der Waals surface area contributed by atoms with E-state index in [0.717, 1.165) is 17.8 Å². The van der Waals surface area contributed by atoms with Gasteiger partial charge in [-0.25, -0.2) is 0 Å². The molecule has 4 fully saturated rings. The van der Waals surface area contributed by atoms with Gasteiger partial charge in [-0.05, 0) is 41.7 Å². The lowest BCUT2D eigenvalue weighted by Gasteiger charge is -2.51. The predicted octanol–water partition coefficient (Wildman–Crippen LogP) is 1.89. The van der Waals surface area contributed by atoms with E-state index in [1.165, 1.54) is 38.5 Å². The number of nitrogens with zero attached hydrogens (tertiary/aromatic N) is 2. The molecule has 3 nitrogen and oxygen atoms in total. The van der Waals surface area contributed by atoms with Crippen LogP contribution >= 0.6 is 0 Å². The highest BCUT2D eigenvalue weighted by Crippen LogP contribution is 2.56. The van der Waals surface area contributed by atoms with Gasteiger partial charge in [0.05, 0.1) is 0 Å². The molecule has 0 saturated heterocycles. The van der Waals surface area contributed by atoms with Gasteiger partial charge in [0.2, 0.25) is 0 Å². The Hall–Kier alpha value is -0.860. The second-order valence-electron chi connectivity index (χ2n) is 5.95. The molecule has 5 rings (SSSR count). The van der Waals surface area contributed by atoms with Crippen molar-refractivity contribution in [2.24, 2.45) is 17.8 Å². The van der Waals surface area contributed by atoms with Crippen molar-refractivity contribution >= 4 is 0 Å². The van der Waals surface area contributed by atoms with Crippen molar-refractivity contribution in [3.05, 3.63) is 12.8 Å². The summed E-state index contributed by atoms with van der Waals surface area (Å²) in [6, 6.07) is 0. The van der Waals surface area contributed by atoms with Crippen LogP contribution in [0.1, 0.15) is 38.5 Å². The lowest BCUT2D eigenvalue weighted by atomic mass is 9.53. The second-order valence-corrected chi connectivity index (χ2v) is 5.95. The molecule has 0 radical (unpaired) electrons. The molecule has 4 aliphatic rings. The summed E-state index contributed by atoms with van der Waals surface area (Å²) in [5, 5.41) is 4.36. The number of hydrogen-bond donors (Lipinski definition) is 0. The second kappa shape index (κ2) is 2.63. The lowest BCUT2D eigenvalue weighted by molar-refractivity contribution is -0.825. The normalized spacial score (nSPS) is 47.3. The van der Waals surface area contributed by atoms with Crippen LogP contribution in [-0.2, 0) is 5.54 Å². The quantitative estimate of drug-likeness (QED) is 0.655. The molecule has 0 aliphatic heterocycles. The summed E-state index contributed by atoms with van der Waals surface area (Å²) in [7, 11) is 0. The van der Waals surface area contributed by atoms with Gasteiger partial charge in [0.25, 0.3) is 6.39 Å². The summed E-state index contributed by atoms with van der Waals surface area (Å²) in [6.45, 7) is 0. The predicted molar refractivity (Wildman–Crippen MR) is 52.8 cm³/mol. The summed E-state index contributed by atoms with van der Waals surface area (Å²) >= 11 is 0. The minimum absolute atomic E-state index is 0.335. The van der Waals surface area contributed by atoms with Crippen molar-refractivity contribution in [2.45, 2.75) is 44.1 Å². The average Bonchev–Trinajstić information content (AvgIpc) is 2.67. The van der Waals surface area contributed by atoms with Crippen molar-refractivity contribution in [1.82, 2.24) is 5.10 Å². The van der Waals surface area contributed by atoms with Crippen molar-refractivity contribution in [1.29, 1.82) is 0 Å². The molecular weight excluding hydrogens is 188 g/mol. The van der Waals surface area contributed by atoms with E-state index in [9.17, 15) is 0 Å². The van der Waals surface area contributed by atoms with E-state index in [0.29, 0.717) is 5.54 Å². The summed E-state index contributed by atoms with van der Waals surface area (Å²) in [5.74, 6) is 2.92. The monoisotopic (exact) mass is 205 g/mol. The van der Waals surface area contributed by atoms with E-state index in [1.54, 1.807) is 6.39 Å². The van der Waals surface area contributed by atoms with Gasteiger partial charge in [0, 0.05) is 24.4 Å². The topological polar surface area (TPSA) is 29.9 Å². The average molecular weight is 205 g/mol. The van der Waals surface area contributed by atoms with Crippen LogP contribution in [0.25, 0.3) is 0 Å². The van der Waals surface area contributed by atoms with Gasteiger partial charge in [-0.3, -0.25) is 0 Å². The Kier molecular flexibility index (Phi) is 1.46. The van der Waals surface area contributed by atoms with Crippen LogP contribution in [0, 0.1) is 17.8 Å². The third kappa shape index (κ3) is 1.06. The van der Waals surface area contributed by atoms with Crippen LogP contribution in [-0.4, -0.2) is 5.10 Å². The number of aromatic nitrogens is 2. The maximum Gasteiger partial charge on any atom is 0.362 e. The standard InChI is InChI=1S/C12H17N2O/c1-9-2-11-3-10(1)5-12(4-9,6-11)14-8-15-7-13-14/h7-11H,1-6H2/q+1. The third-order valence-corrected chi connectivity index (χ3v) is 4.89. The summed E-state index contributed by atoms with van der Waals surface area (Å²) < 4.78 is 7.28. The largest absolute Gasteiger partial charge is 0.391 e. The molecule has 0 unspecified atom stereocenters. The van der Waals surface area contributed by atoms with Gasteiger partial charge in [-0.2, -0.15) is 0 Å². The molecule has 0 N–H and O–H groups in total. The lowest BCUT2D eigenvalue weighted by Crippen LogP contribution is -2.65. The minimum Gasteiger partial charge on any atom is -0.391 e. The first-order valence-electron chi connectivity index (χ1n) is 6.15. The molecule has 0 amide bonds. The molecule has 15 heavy (non-hydrogen) atoms. The van der Waals surface area contributed by atoms with Gasteiger partial charge in [0.1, 0.15) is 0 Å². The first kappa shape index (κ1) is 8.31. The summed E-state index contributed by atoms with van der Waals surface area (Å²) in [5.41, 5.74) is 0.335. The van der Waals surface area contributed by atoms with Crippen LogP contribution < -0.4 is 4.68 Å². The van der Waals surface area contributed by atoms with Crippen molar-refractivity contribution in [3.8, 4) is 0 Å². The summed E-state index contributed by atoms with van der Waals surface area (Å²) in [4.78, 5) is 0. The molecule has 1 aromatic heterocycles. The fourth-order valence-corrected chi connectivity index (χ4v) is 4.77. The SMILES string of the molecule is c1n[n+](C23CC4CC(CC(C4)C2)C3)co1. The molecule has 1 heterocycles. The molecular formula is C12H17N2O+. The van der Waals surface area contributed by atoms with E-state index in [1.807, 2.05) is 6.39 Å². The van der Waals surface area contributed by atoms with E-state index in [4.69, 9.17) is 4.42 Å². The van der Waals surface area contributed by atoms with Gasteiger partial charge in [-0.1, -0.05) is 0 Å². The number of hydrogen-bond acceptors (Lipinski definition) is 2. The summed E-state index contributed by atoms with van der Waals surface area (Å²) in [6.07, 6.45) is 11.9. The minimum atomic E-state index is 0.335. The van der Waals surface area contributed by atoms with Crippen LogP contribution in [0.3, 0.4) is 0 Å². The Bertz CT molecular complexity index is 336. The van der Waals surface area contributed by atoms with E-state index < -0.39 is 0 Å². The Morgan fingerprint density at radius 3 is 2.13 bits per heavy atom. The van der Waals surface area contributed by atoms with E-state index >= 15 is 0 Å². The van der Waals surface area contributed by atoms with Crippen molar-refractivity contribution < 1.29 is 9.10 Å². The molecule has 4 bridgehead atoms. The molecule has 0 aromatic carbocycles. The van der Waals surface area contributed by atoms with Crippen LogP contribution in [0.4, 0.5) is 0 Å². The molecule has 4 saturated carbocycles. The molecule has 0 atom stereocenters. The Labute approximate surface area is 89.5 Å². The maximum absolute atomic E-state index is 5.16. The first-order valence-corrected chi connectivity index (χ1v) is 6.15. The first-order chi connectivity index (χ1) is 7.34. The van der Waals surface area contributed by atoms with Gasteiger partial charge in [0.15, 0.2) is 5.54 Å².